The van der Waals surface area contributed by atoms with E-state index in [-0.39, 0.29) is 29.8 Å². The van der Waals surface area contributed by atoms with Crippen molar-refractivity contribution < 1.29 is 9.18 Å². The largest absolute Gasteiger partial charge is 0.367 e. The predicted molar refractivity (Wildman–Crippen MR) is 87.7 cm³/mol. The Balaban J connectivity index is 1.93. The zero-order valence-corrected chi connectivity index (χ0v) is 13.8. The van der Waals surface area contributed by atoms with E-state index in [1.807, 2.05) is 6.92 Å². The van der Waals surface area contributed by atoms with Gasteiger partial charge in [0, 0.05) is 29.7 Å². The topological polar surface area (TPSA) is 68.2 Å². The van der Waals surface area contributed by atoms with Gasteiger partial charge < -0.3 is 5.32 Å². The minimum atomic E-state index is -0.267. The Labute approximate surface area is 141 Å². The number of carbonyl (C=O) groups is 1. The van der Waals surface area contributed by atoms with Crippen LogP contribution in [0.3, 0.4) is 0 Å². The van der Waals surface area contributed by atoms with Crippen molar-refractivity contribution in [3.8, 4) is 6.07 Å². The van der Waals surface area contributed by atoms with Crippen molar-refractivity contribution in [2.24, 2.45) is 0 Å². The van der Waals surface area contributed by atoms with Crippen LogP contribution in [0, 0.1) is 17.1 Å². The normalized spacial score (nSPS) is 26.2. The molecule has 5 nitrogen and oxygen atoms in total. The molecule has 3 rings (SSSR count). The molecule has 126 valence electrons. The maximum Gasteiger partial charge on any atom is 0.267 e. The van der Waals surface area contributed by atoms with Crippen LogP contribution in [0.2, 0.25) is 0 Å². The highest BCUT2D eigenvalue weighted by Gasteiger charge is 2.47. The average molecular weight is 328 g/mol. The maximum absolute atomic E-state index is 13.2. The smallest absolute Gasteiger partial charge is 0.267 e. The molecule has 3 unspecified atom stereocenters. The summed E-state index contributed by atoms with van der Waals surface area (Å²) in [5.41, 5.74) is 5.76. The van der Waals surface area contributed by atoms with E-state index in [9.17, 15) is 9.18 Å². The van der Waals surface area contributed by atoms with Crippen LogP contribution in [-0.2, 0) is 4.79 Å². The van der Waals surface area contributed by atoms with Crippen molar-refractivity contribution >= 4 is 5.91 Å². The van der Waals surface area contributed by atoms with E-state index in [2.05, 4.69) is 23.7 Å². The van der Waals surface area contributed by atoms with Gasteiger partial charge >= 0.3 is 0 Å². The van der Waals surface area contributed by atoms with Crippen LogP contribution in [0.4, 0.5) is 4.39 Å². The number of hydrogen-bond acceptors (Lipinski definition) is 4. The van der Waals surface area contributed by atoms with Crippen LogP contribution in [0.5, 0.6) is 0 Å². The molecule has 0 spiro atoms. The number of hydrazine groups is 1. The molecule has 0 saturated carbocycles. The summed E-state index contributed by atoms with van der Waals surface area (Å²) in [6.07, 6.45) is 1.39. The molecule has 0 aromatic heterocycles. The standard InChI is InChI=1S/C18H21FN4O/c1-3-15-16(12-6-8-13(19)9-7-12)17-21-11(2)14(5-4-10-20)18(24)23(17)22-15/h6-9,15-17,21-22H,3-5H2,1-2H3. The summed E-state index contributed by atoms with van der Waals surface area (Å²) in [7, 11) is 0. The van der Waals surface area contributed by atoms with Gasteiger partial charge in [0.15, 0.2) is 0 Å². The van der Waals surface area contributed by atoms with Gasteiger partial charge in [0.25, 0.3) is 5.91 Å². The fourth-order valence-electron chi connectivity index (χ4n) is 3.59. The van der Waals surface area contributed by atoms with Gasteiger partial charge in [-0.3, -0.25) is 9.80 Å². The number of halogens is 1. The van der Waals surface area contributed by atoms with Crippen molar-refractivity contribution in [1.82, 2.24) is 15.8 Å². The van der Waals surface area contributed by atoms with Gasteiger partial charge in [-0.05, 0) is 37.5 Å². The summed E-state index contributed by atoms with van der Waals surface area (Å²) < 4.78 is 13.2. The van der Waals surface area contributed by atoms with Crippen molar-refractivity contribution in [1.29, 1.82) is 5.26 Å². The third-order valence-electron chi connectivity index (χ3n) is 4.83. The Morgan fingerprint density at radius 1 is 1.33 bits per heavy atom. The fraction of sp³-hybridized carbons (Fsp3) is 0.444. The Bertz CT molecular complexity index is 707. The maximum atomic E-state index is 13.2. The summed E-state index contributed by atoms with van der Waals surface area (Å²) in [6, 6.07) is 8.64. The fourth-order valence-corrected chi connectivity index (χ4v) is 3.59. The van der Waals surface area contributed by atoms with Crippen LogP contribution in [0.25, 0.3) is 0 Å². The molecule has 1 saturated heterocycles. The first-order chi connectivity index (χ1) is 11.6. The molecule has 0 aliphatic carbocycles. The van der Waals surface area contributed by atoms with Gasteiger partial charge in [-0.25, -0.2) is 9.82 Å². The zero-order chi connectivity index (χ0) is 17.3. The third kappa shape index (κ3) is 2.76. The van der Waals surface area contributed by atoms with Crippen molar-refractivity contribution in [2.45, 2.75) is 51.2 Å². The lowest BCUT2D eigenvalue weighted by Crippen LogP contribution is -2.54. The van der Waals surface area contributed by atoms with E-state index in [4.69, 9.17) is 5.26 Å². The van der Waals surface area contributed by atoms with Gasteiger partial charge in [-0.15, -0.1) is 0 Å². The number of allylic oxidation sites excluding steroid dienone is 1. The second kappa shape index (κ2) is 6.62. The van der Waals surface area contributed by atoms with Crippen LogP contribution < -0.4 is 10.7 Å². The highest BCUT2D eigenvalue weighted by atomic mass is 19.1. The zero-order valence-electron chi connectivity index (χ0n) is 13.8. The molecular weight excluding hydrogens is 307 g/mol. The summed E-state index contributed by atoms with van der Waals surface area (Å²) >= 11 is 0. The number of carbonyl (C=O) groups excluding carboxylic acids is 1. The molecule has 2 heterocycles. The number of nitrogens with zero attached hydrogens (tertiary/aromatic N) is 2. The molecule has 3 atom stereocenters. The molecule has 2 aliphatic heterocycles. The number of hydrogen-bond donors (Lipinski definition) is 2. The van der Waals surface area contributed by atoms with Gasteiger partial charge in [0.1, 0.15) is 12.0 Å². The number of rotatable bonds is 4. The number of amides is 1. The Morgan fingerprint density at radius 3 is 2.67 bits per heavy atom. The first-order valence-corrected chi connectivity index (χ1v) is 8.25. The molecule has 2 aliphatic rings. The molecule has 1 aromatic carbocycles. The molecule has 1 amide bonds. The van der Waals surface area contributed by atoms with Gasteiger partial charge in [0.05, 0.1) is 6.07 Å². The average Bonchev–Trinajstić information content (AvgIpc) is 2.94. The lowest BCUT2D eigenvalue weighted by atomic mass is 9.88. The van der Waals surface area contributed by atoms with Crippen molar-refractivity contribution in [3.05, 3.63) is 46.9 Å². The van der Waals surface area contributed by atoms with Crippen LogP contribution in [-0.4, -0.2) is 23.1 Å². The second-order valence-electron chi connectivity index (χ2n) is 6.25. The van der Waals surface area contributed by atoms with Gasteiger partial charge in [-0.2, -0.15) is 5.26 Å². The highest BCUT2D eigenvalue weighted by Crippen LogP contribution is 2.36. The van der Waals surface area contributed by atoms with Crippen molar-refractivity contribution in [3.63, 3.8) is 0 Å². The number of benzene rings is 1. The molecule has 0 bridgehead atoms. The molecule has 6 heteroatoms. The SMILES string of the molecule is CCC1NN2C(=O)C(CCC#N)=C(C)NC2C1c1ccc(F)cc1. The first-order valence-electron chi connectivity index (χ1n) is 8.25. The summed E-state index contributed by atoms with van der Waals surface area (Å²) in [5, 5.41) is 13.8. The molecule has 1 fully saturated rings. The number of nitriles is 1. The Kier molecular flexibility index (Phi) is 4.54. The van der Waals surface area contributed by atoms with E-state index in [1.165, 1.54) is 12.1 Å². The lowest BCUT2D eigenvalue weighted by molar-refractivity contribution is -0.133. The van der Waals surface area contributed by atoms with Crippen LogP contribution in [0.1, 0.15) is 44.6 Å². The predicted octanol–water partition coefficient (Wildman–Crippen LogP) is 2.54. The Morgan fingerprint density at radius 2 is 2.04 bits per heavy atom. The third-order valence-corrected chi connectivity index (χ3v) is 4.83. The lowest BCUT2D eigenvalue weighted by Gasteiger charge is -2.35. The second-order valence-corrected chi connectivity index (χ2v) is 6.25. The minimum Gasteiger partial charge on any atom is -0.367 e. The minimum absolute atomic E-state index is 0.0343. The van der Waals surface area contributed by atoms with E-state index in [0.717, 1.165) is 17.7 Å². The molecule has 24 heavy (non-hydrogen) atoms. The molecule has 1 aromatic rings. The summed E-state index contributed by atoms with van der Waals surface area (Å²) in [6.45, 7) is 3.94. The van der Waals surface area contributed by atoms with E-state index < -0.39 is 0 Å². The molecule has 0 radical (unpaired) electrons. The van der Waals surface area contributed by atoms with E-state index >= 15 is 0 Å². The Hall–Kier alpha value is -2.39. The quantitative estimate of drug-likeness (QED) is 0.891. The summed E-state index contributed by atoms with van der Waals surface area (Å²) in [5.74, 6) is -0.307. The van der Waals surface area contributed by atoms with E-state index in [0.29, 0.717) is 18.4 Å². The molecule has 2 N–H and O–H groups in total. The molecular formula is C18H21FN4O. The number of fused-ring (bicyclic) bond motifs is 1. The van der Waals surface area contributed by atoms with Crippen LogP contribution in [0.15, 0.2) is 35.5 Å². The van der Waals surface area contributed by atoms with Crippen molar-refractivity contribution in [2.75, 3.05) is 0 Å². The monoisotopic (exact) mass is 328 g/mol. The van der Waals surface area contributed by atoms with Crippen LogP contribution >= 0.6 is 0 Å². The van der Waals surface area contributed by atoms with E-state index in [1.54, 1.807) is 17.1 Å². The van der Waals surface area contributed by atoms with Gasteiger partial charge in [-0.1, -0.05) is 19.1 Å². The highest BCUT2D eigenvalue weighted by molar-refractivity contribution is 5.95. The van der Waals surface area contributed by atoms with Gasteiger partial charge in [0.2, 0.25) is 0 Å². The first kappa shape index (κ1) is 16.5. The summed E-state index contributed by atoms with van der Waals surface area (Å²) in [4.78, 5) is 12.8. The number of nitrogens with one attached hydrogen (secondary N) is 2.